The van der Waals surface area contributed by atoms with Crippen molar-refractivity contribution in [2.45, 2.75) is 6.92 Å². The predicted molar refractivity (Wildman–Crippen MR) is 47.6 cm³/mol. The van der Waals surface area contributed by atoms with E-state index in [-0.39, 0.29) is 0 Å². The minimum absolute atomic E-state index is 0.599. The third-order valence-electron chi connectivity index (χ3n) is 0.904. The van der Waals surface area contributed by atoms with E-state index in [1.807, 2.05) is 6.92 Å². The Morgan fingerprint density at radius 1 is 1.60 bits per heavy atom. The number of rotatable bonds is 3. The van der Waals surface area contributed by atoms with Gasteiger partial charge < -0.3 is 16.0 Å². The largest absolute Gasteiger partial charge is 0.375 e. The number of thiocarbonyl (C=S) groups is 1. The molecular weight excluding hydrogens is 146 g/mol. The third kappa shape index (κ3) is 4.14. The van der Waals surface area contributed by atoms with Crippen LogP contribution in [0.5, 0.6) is 0 Å². The SMILES string of the molecule is C=C(NC)NC(=S)NCC. The summed E-state index contributed by atoms with van der Waals surface area (Å²) in [5, 5.41) is 9.20. The van der Waals surface area contributed by atoms with Crippen molar-refractivity contribution in [3.63, 3.8) is 0 Å². The predicted octanol–water partition coefficient (Wildman–Crippen LogP) is 0.161. The van der Waals surface area contributed by atoms with Gasteiger partial charge in [-0.2, -0.15) is 0 Å². The van der Waals surface area contributed by atoms with Crippen molar-refractivity contribution in [2.75, 3.05) is 13.6 Å². The van der Waals surface area contributed by atoms with Gasteiger partial charge in [0.15, 0.2) is 5.11 Å². The van der Waals surface area contributed by atoms with Crippen LogP contribution in [-0.2, 0) is 0 Å². The van der Waals surface area contributed by atoms with E-state index in [0.29, 0.717) is 10.9 Å². The summed E-state index contributed by atoms with van der Waals surface area (Å²) >= 11 is 4.87. The molecule has 4 heteroatoms. The molecule has 3 nitrogen and oxygen atoms in total. The standard InChI is InChI=1S/C6H13N3S/c1-4-8-6(10)9-5(2)7-3/h7H,2,4H2,1,3H3,(H2,8,9,10). The first-order chi connectivity index (χ1) is 4.70. The average molecular weight is 159 g/mol. The van der Waals surface area contributed by atoms with E-state index in [2.05, 4.69) is 22.5 Å². The van der Waals surface area contributed by atoms with Gasteiger partial charge in [-0.15, -0.1) is 0 Å². The van der Waals surface area contributed by atoms with Gasteiger partial charge in [-0.05, 0) is 19.1 Å². The fourth-order valence-electron chi connectivity index (χ4n) is 0.404. The Hall–Kier alpha value is -0.770. The third-order valence-corrected chi connectivity index (χ3v) is 1.15. The fraction of sp³-hybridized carbons (Fsp3) is 0.500. The van der Waals surface area contributed by atoms with Crippen LogP contribution in [0.15, 0.2) is 12.4 Å². The minimum atomic E-state index is 0.599. The Morgan fingerprint density at radius 2 is 2.20 bits per heavy atom. The highest BCUT2D eigenvalue weighted by Gasteiger charge is 1.91. The molecule has 0 aromatic rings. The van der Waals surface area contributed by atoms with Crippen LogP contribution < -0.4 is 16.0 Å². The molecule has 0 fully saturated rings. The first kappa shape index (κ1) is 9.23. The highest BCUT2D eigenvalue weighted by molar-refractivity contribution is 7.80. The van der Waals surface area contributed by atoms with Crippen LogP contribution in [0.4, 0.5) is 0 Å². The van der Waals surface area contributed by atoms with Gasteiger partial charge >= 0.3 is 0 Å². The van der Waals surface area contributed by atoms with E-state index >= 15 is 0 Å². The van der Waals surface area contributed by atoms with Crippen LogP contribution in [0.1, 0.15) is 6.92 Å². The van der Waals surface area contributed by atoms with E-state index in [1.165, 1.54) is 0 Å². The molecule has 0 aliphatic heterocycles. The van der Waals surface area contributed by atoms with Gasteiger partial charge in [0.25, 0.3) is 0 Å². The Morgan fingerprint density at radius 3 is 2.60 bits per heavy atom. The molecular formula is C6H13N3S. The molecule has 0 amide bonds. The van der Waals surface area contributed by atoms with Crippen molar-refractivity contribution < 1.29 is 0 Å². The van der Waals surface area contributed by atoms with Gasteiger partial charge in [-0.3, -0.25) is 0 Å². The summed E-state index contributed by atoms with van der Waals surface area (Å²) in [6.07, 6.45) is 0. The fourth-order valence-corrected chi connectivity index (χ4v) is 0.672. The molecule has 58 valence electrons. The van der Waals surface area contributed by atoms with Crippen LogP contribution >= 0.6 is 12.2 Å². The van der Waals surface area contributed by atoms with E-state index in [4.69, 9.17) is 12.2 Å². The van der Waals surface area contributed by atoms with Crippen LogP contribution in [0.2, 0.25) is 0 Å². The Kier molecular flexibility index (Phi) is 4.66. The first-order valence-electron chi connectivity index (χ1n) is 3.12. The Bertz CT molecular complexity index is 133. The van der Waals surface area contributed by atoms with Crippen molar-refractivity contribution in [3.8, 4) is 0 Å². The van der Waals surface area contributed by atoms with E-state index in [1.54, 1.807) is 7.05 Å². The zero-order chi connectivity index (χ0) is 7.98. The summed E-state index contributed by atoms with van der Waals surface area (Å²) in [5.41, 5.74) is 0. The lowest BCUT2D eigenvalue weighted by molar-refractivity contribution is 0.865. The van der Waals surface area contributed by atoms with Crippen molar-refractivity contribution in [2.24, 2.45) is 0 Å². The van der Waals surface area contributed by atoms with Gasteiger partial charge in [0, 0.05) is 13.6 Å². The average Bonchev–Trinajstić information content (AvgIpc) is 1.88. The summed E-state index contributed by atoms with van der Waals surface area (Å²) in [5.74, 6) is 0.700. The van der Waals surface area contributed by atoms with E-state index in [0.717, 1.165) is 6.54 Å². The normalized spacial score (nSPS) is 8.20. The zero-order valence-corrected chi connectivity index (χ0v) is 7.14. The lowest BCUT2D eigenvalue weighted by Crippen LogP contribution is -2.37. The second kappa shape index (κ2) is 5.05. The maximum atomic E-state index is 4.87. The summed E-state index contributed by atoms with van der Waals surface area (Å²) in [7, 11) is 1.78. The maximum absolute atomic E-state index is 4.87. The van der Waals surface area contributed by atoms with Crippen LogP contribution in [0, 0.1) is 0 Å². The summed E-state index contributed by atoms with van der Waals surface area (Å²) < 4.78 is 0. The smallest absolute Gasteiger partial charge is 0.171 e. The van der Waals surface area contributed by atoms with Gasteiger partial charge in [0.2, 0.25) is 0 Å². The molecule has 3 N–H and O–H groups in total. The molecule has 0 unspecified atom stereocenters. The molecule has 0 saturated heterocycles. The van der Waals surface area contributed by atoms with E-state index < -0.39 is 0 Å². The zero-order valence-electron chi connectivity index (χ0n) is 6.32. The highest BCUT2D eigenvalue weighted by atomic mass is 32.1. The Balaban J connectivity index is 3.47. The minimum Gasteiger partial charge on any atom is -0.375 e. The van der Waals surface area contributed by atoms with Crippen molar-refractivity contribution in [3.05, 3.63) is 12.4 Å². The van der Waals surface area contributed by atoms with Gasteiger partial charge in [0.1, 0.15) is 0 Å². The van der Waals surface area contributed by atoms with Crippen molar-refractivity contribution in [1.29, 1.82) is 0 Å². The number of hydrogen-bond donors (Lipinski definition) is 3. The lowest BCUT2D eigenvalue weighted by Gasteiger charge is -2.09. The molecule has 0 spiro atoms. The Labute approximate surface area is 66.9 Å². The molecule has 10 heavy (non-hydrogen) atoms. The quantitative estimate of drug-likeness (QED) is 0.513. The molecule has 0 aliphatic carbocycles. The molecule has 0 aromatic carbocycles. The highest BCUT2D eigenvalue weighted by Crippen LogP contribution is 1.73. The molecule has 0 rings (SSSR count). The molecule has 0 radical (unpaired) electrons. The summed E-state index contributed by atoms with van der Waals surface area (Å²) in [6.45, 7) is 6.45. The molecule has 0 heterocycles. The molecule has 0 atom stereocenters. The first-order valence-corrected chi connectivity index (χ1v) is 3.53. The second-order valence-electron chi connectivity index (χ2n) is 1.71. The topological polar surface area (TPSA) is 36.1 Å². The lowest BCUT2D eigenvalue weighted by atomic mass is 10.7. The number of hydrogen-bond acceptors (Lipinski definition) is 2. The molecule has 0 aliphatic rings. The van der Waals surface area contributed by atoms with Gasteiger partial charge in [0.05, 0.1) is 5.82 Å². The number of nitrogens with one attached hydrogen (secondary N) is 3. The summed E-state index contributed by atoms with van der Waals surface area (Å²) in [4.78, 5) is 0. The second-order valence-corrected chi connectivity index (χ2v) is 2.12. The van der Waals surface area contributed by atoms with Crippen LogP contribution in [-0.4, -0.2) is 18.7 Å². The maximum Gasteiger partial charge on any atom is 0.171 e. The van der Waals surface area contributed by atoms with Crippen LogP contribution in [0.3, 0.4) is 0 Å². The van der Waals surface area contributed by atoms with Crippen molar-refractivity contribution >= 4 is 17.3 Å². The molecule has 0 bridgehead atoms. The monoisotopic (exact) mass is 159 g/mol. The van der Waals surface area contributed by atoms with Crippen LogP contribution in [0.25, 0.3) is 0 Å². The van der Waals surface area contributed by atoms with E-state index in [9.17, 15) is 0 Å². The molecule has 0 saturated carbocycles. The summed E-state index contributed by atoms with van der Waals surface area (Å²) in [6, 6.07) is 0. The van der Waals surface area contributed by atoms with Gasteiger partial charge in [-0.25, -0.2) is 0 Å². The van der Waals surface area contributed by atoms with Crippen molar-refractivity contribution in [1.82, 2.24) is 16.0 Å². The molecule has 0 aromatic heterocycles. The van der Waals surface area contributed by atoms with Gasteiger partial charge in [-0.1, -0.05) is 6.58 Å².